The fraction of sp³-hybridized carbons (Fsp3) is 0.458. The van der Waals surface area contributed by atoms with Gasteiger partial charge in [-0.15, -0.1) is 0 Å². The maximum atomic E-state index is 14.1. The first-order chi connectivity index (χ1) is 14.7. The van der Waals surface area contributed by atoms with E-state index in [0.717, 1.165) is 0 Å². The van der Waals surface area contributed by atoms with Crippen molar-refractivity contribution in [2.45, 2.75) is 52.6 Å². The molecule has 1 aromatic carbocycles. The number of benzene rings is 1. The normalized spacial score (nSPS) is 24.3. The summed E-state index contributed by atoms with van der Waals surface area (Å²) in [4.78, 5) is 39.0. The molecule has 0 radical (unpaired) electrons. The SMILES string of the molecule is CC[C@@H](C)OC(=O)C1=C(C)NC2=C(C(=O)[C@@H](C(=O)OC)[C@@H](C)C2)[C@@H]1c1cccc(F)c1. The molecule has 1 aliphatic carbocycles. The summed E-state index contributed by atoms with van der Waals surface area (Å²) in [5, 5.41) is 3.18. The zero-order valence-electron chi connectivity index (χ0n) is 18.5. The first kappa shape index (κ1) is 22.7. The number of ether oxygens (including phenoxy) is 2. The van der Waals surface area contributed by atoms with Gasteiger partial charge in [0.1, 0.15) is 11.7 Å². The molecule has 166 valence electrons. The molecule has 0 amide bonds. The van der Waals surface area contributed by atoms with Crippen molar-refractivity contribution in [3.63, 3.8) is 0 Å². The van der Waals surface area contributed by atoms with E-state index in [-0.39, 0.29) is 17.6 Å². The molecule has 1 heterocycles. The molecule has 0 fully saturated rings. The van der Waals surface area contributed by atoms with Crippen molar-refractivity contribution in [2.75, 3.05) is 7.11 Å². The van der Waals surface area contributed by atoms with Gasteiger partial charge in [-0.1, -0.05) is 26.0 Å². The molecule has 1 aliphatic heterocycles. The number of rotatable bonds is 5. The highest BCUT2D eigenvalue weighted by Gasteiger charge is 2.47. The number of halogens is 1. The smallest absolute Gasteiger partial charge is 0.337 e. The molecule has 6 nitrogen and oxygen atoms in total. The summed E-state index contributed by atoms with van der Waals surface area (Å²) in [6, 6.07) is 5.82. The lowest BCUT2D eigenvalue weighted by Crippen LogP contribution is -2.43. The number of carbonyl (C=O) groups is 3. The Hall–Kier alpha value is -2.96. The largest absolute Gasteiger partial charge is 0.468 e. The van der Waals surface area contributed by atoms with Crippen molar-refractivity contribution in [1.29, 1.82) is 0 Å². The minimum Gasteiger partial charge on any atom is -0.468 e. The number of methoxy groups -OCH3 is 1. The first-order valence-electron chi connectivity index (χ1n) is 10.5. The summed E-state index contributed by atoms with van der Waals surface area (Å²) in [5.41, 5.74) is 2.19. The summed E-state index contributed by atoms with van der Waals surface area (Å²) >= 11 is 0. The maximum absolute atomic E-state index is 14.1. The number of allylic oxidation sites excluding steroid dienone is 3. The van der Waals surface area contributed by atoms with Gasteiger partial charge in [0, 0.05) is 22.9 Å². The van der Waals surface area contributed by atoms with Crippen molar-refractivity contribution in [3.8, 4) is 0 Å². The van der Waals surface area contributed by atoms with E-state index in [2.05, 4.69) is 5.32 Å². The summed E-state index contributed by atoms with van der Waals surface area (Å²) in [6.07, 6.45) is 0.740. The lowest BCUT2D eigenvalue weighted by atomic mass is 9.69. The Labute approximate surface area is 181 Å². The monoisotopic (exact) mass is 429 g/mol. The molecule has 0 bridgehead atoms. The molecule has 2 aliphatic rings. The fourth-order valence-corrected chi connectivity index (χ4v) is 4.30. The zero-order chi connectivity index (χ0) is 22.9. The van der Waals surface area contributed by atoms with Crippen molar-refractivity contribution >= 4 is 17.7 Å². The van der Waals surface area contributed by atoms with E-state index in [1.54, 1.807) is 19.9 Å². The minimum atomic E-state index is -0.980. The summed E-state index contributed by atoms with van der Waals surface area (Å²) in [6.45, 7) is 7.24. The second-order valence-corrected chi connectivity index (χ2v) is 8.21. The topological polar surface area (TPSA) is 81.7 Å². The zero-order valence-corrected chi connectivity index (χ0v) is 18.5. The van der Waals surface area contributed by atoms with Gasteiger partial charge in [0.2, 0.25) is 0 Å². The highest BCUT2D eigenvalue weighted by Crippen LogP contribution is 2.45. The molecule has 31 heavy (non-hydrogen) atoms. The predicted molar refractivity (Wildman–Crippen MR) is 112 cm³/mol. The van der Waals surface area contributed by atoms with Crippen LogP contribution in [0.5, 0.6) is 0 Å². The number of hydrogen-bond donors (Lipinski definition) is 1. The Morgan fingerprint density at radius 1 is 1.32 bits per heavy atom. The van der Waals surface area contributed by atoms with E-state index in [9.17, 15) is 18.8 Å². The molecule has 3 rings (SSSR count). The summed E-state index contributed by atoms with van der Waals surface area (Å²) in [5.74, 6) is -4.17. The van der Waals surface area contributed by atoms with Crippen LogP contribution < -0.4 is 5.32 Å². The summed E-state index contributed by atoms with van der Waals surface area (Å²) in [7, 11) is 1.24. The Morgan fingerprint density at radius 2 is 2.03 bits per heavy atom. The van der Waals surface area contributed by atoms with Gasteiger partial charge < -0.3 is 14.8 Å². The third-order valence-electron chi connectivity index (χ3n) is 6.03. The second-order valence-electron chi connectivity index (χ2n) is 8.21. The number of dihydropyridines is 1. The summed E-state index contributed by atoms with van der Waals surface area (Å²) < 4.78 is 24.6. The molecular weight excluding hydrogens is 401 g/mol. The number of ketones is 1. The van der Waals surface area contributed by atoms with Gasteiger partial charge in [0.15, 0.2) is 5.78 Å². The molecule has 0 saturated heterocycles. The number of hydrogen-bond acceptors (Lipinski definition) is 6. The lowest BCUT2D eigenvalue weighted by Gasteiger charge is -2.38. The van der Waals surface area contributed by atoms with Gasteiger partial charge in [-0.2, -0.15) is 0 Å². The molecule has 7 heteroatoms. The molecule has 0 aromatic heterocycles. The standard InChI is InChI=1S/C24H28FNO5/c1-6-13(3)31-24(29)19-14(4)26-17-10-12(2)18(23(28)30-5)22(27)21(17)20(19)15-8-7-9-16(25)11-15/h7-9,11-13,18,20,26H,6,10H2,1-5H3/t12-,13+,18-,20+/m0/s1. The predicted octanol–water partition coefficient (Wildman–Crippen LogP) is 3.78. The van der Waals surface area contributed by atoms with E-state index in [1.165, 1.54) is 25.3 Å². The quantitative estimate of drug-likeness (QED) is 0.567. The second kappa shape index (κ2) is 9.04. The van der Waals surface area contributed by atoms with E-state index in [1.807, 2.05) is 13.8 Å². The van der Waals surface area contributed by atoms with Crippen LogP contribution in [-0.2, 0) is 23.9 Å². The molecule has 0 unspecified atom stereocenters. The number of carbonyl (C=O) groups excluding carboxylic acids is 3. The van der Waals surface area contributed by atoms with Gasteiger partial charge in [-0.3, -0.25) is 9.59 Å². The van der Waals surface area contributed by atoms with E-state index in [4.69, 9.17) is 9.47 Å². The van der Waals surface area contributed by atoms with E-state index >= 15 is 0 Å². The highest BCUT2D eigenvalue weighted by atomic mass is 19.1. The Balaban J connectivity index is 2.17. The van der Waals surface area contributed by atoms with Gasteiger partial charge in [-0.05, 0) is 50.3 Å². The Kier molecular flexibility index (Phi) is 6.62. The molecule has 4 atom stereocenters. The lowest BCUT2D eigenvalue weighted by molar-refractivity contribution is -0.151. The number of Topliss-reactive ketones (excluding diaryl/α,β-unsaturated/α-hetero) is 1. The van der Waals surface area contributed by atoms with E-state index < -0.39 is 35.4 Å². The van der Waals surface area contributed by atoms with Crippen LogP contribution in [0, 0.1) is 17.7 Å². The average molecular weight is 429 g/mol. The molecule has 0 saturated carbocycles. The van der Waals surface area contributed by atoms with Crippen LogP contribution in [0.2, 0.25) is 0 Å². The van der Waals surface area contributed by atoms with Crippen LogP contribution in [-0.4, -0.2) is 30.9 Å². The third kappa shape index (κ3) is 4.27. The highest BCUT2D eigenvalue weighted by molar-refractivity contribution is 6.12. The molecule has 1 N–H and O–H groups in total. The molecular formula is C24H28FNO5. The van der Waals surface area contributed by atoms with Crippen LogP contribution in [0.1, 0.15) is 52.0 Å². The van der Waals surface area contributed by atoms with Gasteiger partial charge >= 0.3 is 11.9 Å². The van der Waals surface area contributed by atoms with Gasteiger partial charge in [0.25, 0.3) is 0 Å². The van der Waals surface area contributed by atoms with E-state index in [0.29, 0.717) is 35.4 Å². The van der Waals surface area contributed by atoms with Crippen LogP contribution in [0.25, 0.3) is 0 Å². The van der Waals surface area contributed by atoms with Crippen LogP contribution in [0.4, 0.5) is 4.39 Å². The van der Waals surface area contributed by atoms with Crippen LogP contribution >= 0.6 is 0 Å². The number of nitrogens with one attached hydrogen (secondary N) is 1. The van der Waals surface area contributed by atoms with Crippen LogP contribution in [0.15, 0.2) is 46.8 Å². The third-order valence-corrected chi connectivity index (χ3v) is 6.03. The van der Waals surface area contributed by atoms with Gasteiger partial charge in [0.05, 0.1) is 18.8 Å². The van der Waals surface area contributed by atoms with Crippen LogP contribution in [0.3, 0.4) is 0 Å². The number of esters is 2. The van der Waals surface area contributed by atoms with Crippen molar-refractivity contribution in [2.24, 2.45) is 11.8 Å². The Bertz CT molecular complexity index is 980. The fourth-order valence-electron chi connectivity index (χ4n) is 4.30. The first-order valence-corrected chi connectivity index (χ1v) is 10.5. The minimum absolute atomic E-state index is 0.246. The Morgan fingerprint density at radius 3 is 2.65 bits per heavy atom. The average Bonchev–Trinajstić information content (AvgIpc) is 2.72. The molecule has 1 aromatic rings. The van der Waals surface area contributed by atoms with Crippen molar-refractivity contribution in [3.05, 3.63) is 58.2 Å². The van der Waals surface area contributed by atoms with Gasteiger partial charge in [-0.25, -0.2) is 9.18 Å². The molecule has 0 spiro atoms. The maximum Gasteiger partial charge on any atom is 0.337 e. The van der Waals surface area contributed by atoms with Crippen molar-refractivity contribution < 1.29 is 28.2 Å². The van der Waals surface area contributed by atoms with Crippen molar-refractivity contribution in [1.82, 2.24) is 5.32 Å².